The second kappa shape index (κ2) is 9.03. The standard InChI is InChI=1S/C24H28N6O6/c1-23(34)12-24(36-10-17(23)30-14-28-19-20(25)26-13-27-21(19)30)6-8-29(9-7-24)22(33)15-2-4-16(5-3-15)35-11-18(31)32/h2-5,13-14,17,34H,6-12H2,1H3,(H,31,32)(H2,25,26,27)/t17-,23-/m0/s1. The van der Waals surface area contributed by atoms with E-state index in [0.29, 0.717) is 54.8 Å². The van der Waals surface area contributed by atoms with Gasteiger partial charge in [0.2, 0.25) is 0 Å². The number of carbonyl (C=O) groups is 2. The Balaban J connectivity index is 1.23. The van der Waals surface area contributed by atoms with Crippen LogP contribution in [0.3, 0.4) is 0 Å². The second-order valence-electron chi connectivity index (χ2n) is 9.63. The molecule has 0 aliphatic carbocycles. The zero-order valence-electron chi connectivity index (χ0n) is 19.8. The number of carboxylic acid groups (broad SMARTS) is 1. The van der Waals surface area contributed by atoms with Crippen molar-refractivity contribution in [2.75, 3.05) is 32.0 Å². The molecule has 12 heteroatoms. The highest BCUT2D eigenvalue weighted by Gasteiger charge is 2.50. The molecule has 0 radical (unpaired) electrons. The van der Waals surface area contributed by atoms with Crippen molar-refractivity contribution in [2.24, 2.45) is 0 Å². The first-order chi connectivity index (χ1) is 17.2. The van der Waals surface area contributed by atoms with Crippen LogP contribution in [0.2, 0.25) is 0 Å². The number of aliphatic carboxylic acids is 1. The van der Waals surface area contributed by atoms with E-state index >= 15 is 0 Å². The highest BCUT2D eigenvalue weighted by molar-refractivity contribution is 5.94. The Labute approximate surface area is 206 Å². The van der Waals surface area contributed by atoms with E-state index in [0.717, 1.165) is 0 Å². The number of piperidine rings is 1. The minimum atomic E-state index is -1.09. The smallest absolute Gasteiger partial charge is 0.341 e. The van der Waals surface area contributed by atoms with Crippen molar-refractivity contribution in [3.8, 4) is 5.75 Å². The number of carboxylic acids is 1. The number of hydrogen-bond donors (Lipinski definition) is 3. The molecule has 3 aromatic rings. The van der Waals surface area contributed by atoms with Crippen LogP contribution in [-0.2, 0) is 9.53 Å². The summed E-state index contributed by atoms with van der Waals surface area (Å²) in [4.78, 5) is 38.0. The van der Waals surface area contributed by atoms with Crippen LogP contribution in [0.5, 0.6) is 5.75 Å². The van der Waals surface area contributed by atoms with Gasteiger partial charge in [0.1, 0.15) is 17.6 Å². The van der Waals surface area contributed by atoms with Gasteiger partial charge in [-0.05, 0) is 44.0 Å². The number of carbonyl (C=O) groups excluding carboxylic acids is 1. The average molecular weight is 497 g/mol. The zero-order valence-corrected chi connectivity index (χ0v) is 19.8. The lowest BCUT2D eigenvalue weighted by Gasteiger charge is -2.51. The third-order valence-electron chi connectivity index (χ3n) is 7.09. The van der Waals surface area contributed by atoms with Gasteiger partial charge in [0.05, 0.1) is 30.2 Å². The van der Waals surface area contributed by atoms with E-state index in [-0.39, 0.29) is 18.3 Å². The molecule has 0 unspecified atom stereocenters. The summed E-state index contributed by atoms with van der Waals surface area (Å²) in [7, 11) is 0. The molecule has 2 atom stereocenters. The van der Waals surface area contributed by atoms with Gasteiger partial charge >= 0.3 is 5.97 Å². The molecule has 5 rings (SSSR count). The van der Waals surface area contributed by atoms with Crippen molar-refractivity contribution in [3.63, 3.8) is 0 Å². The summed E-state index contributed by atoms with van der Waals surface area (Å²) < 4.78 is 13.3. The average Bonchev–Trinajstić information content (AvgIpc) is 3.28. The number of nitrogens with two attached hydrogens (primary N) is 1. The molecule has 2 saturated heterocycles. The number of aliphatic hydroxyl groups is 1. The SMILES string of the molecule is C[C@]1(O)CC2(CCN(C(=O)c3ccc(OCC(=O)O)cc3)CC2)OC[C@@H]1n1cnc2c(N)ncnc21. The van der Waals surface area contributed by atoms with Crippen molar-refractivity contribution in [2.45, 2.75) is 43.4 Å². The quantitative estimate of drug-likeness (QED) is 0.468. The van der Waals surface area contributed by atoms with Gasteiger partial charge in [-0.1, -0.05) is 0 Å². The van der Waals surface area contributed by atoms with Crippen molar-refractivity contribution in [1.29, 1.82) is 0 Å². The summed E-state index contributed by atoms with van der Waals surface area (Å²) >= 11 is 0. The van der Waals surface area contributed by atoms with Gasteiger partial charge in [-0.3, -0.25) is 4.79 Å². The third kappa shape index (κ3) is 4.44. The number of nitrogen functional groups attached to an aromatic ring is 1. The number of ether oxygens (including phenoxy) is 2. The number of aromatic nitrogens is 4. The van der Waals surface area contributed by atoms with Crippen molar-refractivity contribution in [1.82, 2.24) is 24.4 Å². The zero-order chi connectivity index (χ0) is 25.5. The number of rotatable bonds is 5. The van der Waals surface area contributed by atoms with Crippen LogP contribution in [0.4, 0.5) is 5.82 Å². The van der Waals surface area contributed by atoms with Gasteiger partial charge in [-0.25, -0.2) is 19.7 Å². The number of benzene rings is 1. The number of imidazole rings is 1. The van der Waals surface area contributed by atoms with Crippen LogP contribution in [0, 0.1) is 0 Å². The Morgan fingerprint density at radius 2 is 1.92 bits per heavy atom. The van der Waals surface area contributed by atoms with Crippen molar-refractivity contribution < 1.29 is 29.3 Å². The highest BCUT2D eigenvalue weighted by atomic mass is 16.5. The lowest BCUT2D eigenvalue weighted by atomic mass is 9.75. The Kier molecular flexibility index (Phi) is 6.00. The minimum absolute atomic E-state index is 0.114. The second-order valence-corrected chi connectivity index (χ2v) is 9.63. The minimum Gasteiger partial charge on any atom is -0.482 e. The molecule has 2 aromatic heterocycles. The van der Waals surface area contributed by atoms with Crippen LogP contribution in [0.25, 0.3) is 11.2 Å². The first-order valence-electron chi connectivity index (χ1n) is 11.7. The van der Waals surface area contributed by atoms with Crippen LogP contribution in [0.1, 0.15) is 42.6 Å². The van der Waals surface area contributed by atoms with E-state index in [1.807, 2.05) is 0 Å². The van der Waals surface area contributed by atoms with Crippen LogP contribution in [-0.4, -0.2) is 84.0 Å². The van der Waals surface area contributed by atoms with Gasteiger partial charge in [-0.15, -0.1) is 0 Å². The maximum Gasteiger partial charge on any atom is 0.341 e. The van der Waals surface area contributed by atoms with Gasteiger partial charge in [0, 0.05) is 25.1 Å². The van der Waals surface area contributed by atoms with E-state index in [1.165, 1.54) is 6.33 Å². The fourth-order valence-electron chi connectivity index (χ4n) is 5.19. The van der Waals surface area contributed by atoms with Gasteiger partial charge in [0.25, 0.3) is 5.91 Å². The summed E-state index contributed by atoms with van der Waals surface area (Å²) in [6, 6.07) is 6.02. The molecule has 36 heavy (non-hydrogen) atoms. The van der Waals surface area contributed by atoms with E-state index < -0.39 is 29.8 Å². The molecule has 4 heterocycles. The Morgan fingerprint density at radius 1 is 1.19 bits per heavy atom. The summed E-state index contributed by atoms with van der Waals surface area (Å²) in [5.74, 6) is -0.508. The topological polar surface area (TPSA) is 166 Å². The van der Waals surface area contributed by atoms with Crippen molar-refractivity contribution in [3.05, 3.63) is 42.5 Å². The first kappa shape index (κ1) is 23.9. The lowest BCUT2D eigenvalue weighted by Crippen LogP contribution is -2.57. The largest absolute Gasteiger partial charge is 0.482 e. The van der Waals surface area contributed by atoms with Gasteiger partial charge in [0.15, 0.2) is 18.1 Å². The summed E-state index contributed by atoms with van der Waals surface area (Å²) in [5, 5.41) is 20.2. The van der Waals surface area contributed by atoms with Crippen LogP contribution >= 0.6 is 0 Å². The lowest BCUT2D eigenvalue weighted by molar-refractivity contribution is -0.194. The molecular formula is C24H28N6O6. The monoisotopic (exact) mass is 496 g/mol. The third-order valence-corrected chi connectivity index (χ3v) is 7.09. The number of anilines is 1. The Morgan fingerprint density at radius 3 is 2.58 bits per heavy atom. The maximum atomic E-state index is 13.0. The fraction of sp³-hybridized carbons (Fsp3) is 0.458. The van der Waals surface area contributed by atoms with E-state index in [2.05, 4.69) is 15.0 Å². The van der Waals surface area contributed by atoms with Crippen molar-refractivity contribution >= 4 is 28.9 Å². The number of nitrogens with zero attached hydrogens (tertiary/aromatic N) is 5. The summed E-state index contributed by atoms with van der Waals surface area (Å²) in [6.45, 7) is 2.62. The predicted molar refractivity (Wildman–Crippen MR) is 127 cm³/mol. The molecular weight excluding hydrogens is 468 g/mol. The Bertz CT molecular complexity index is 1280. The van der Waals surface area contributed by atoms with E-state index in [1.54, 1.807) is 47.0 Å². The first-order valence-corrected chi connectivity index (χ1v) is 11.7. The molecule has 190 valence electrons. The number of likely N-dealkylation sites (tertiary alicyclic amines) is 1. The molecule has 1 amide bonds. The molecule has 2 fully saturated rings. The summed E-state index contributed by atoms with van der Waals surface area (Å²) in [6.07, 6.45) is 4.58. The van der Waals surface area contributed by atoms with Gasteiger partial charge < -0.3 is 34.9 Å². The maximum absolute atomic E-state index is 13.0. The van der Waals surface area contributed by atoms with E-state index in [4.69, 9.17) is 20.3 Å². The molecule has 1 aromatic carbocycles. The molecule has 2 aliphatic heterocycles. The van der Waals surface area contributed by atoms with E-state index in [9.17, 15) is 14.7 Å². The van der Waals surface area contributed by atoms with Crippen LogP contribution in [0.15, 0.2) is 36.9 Å². The van der Waals surface area contributed by atoms with Gasteiger partial charge in [-0.2, -0.15) is 0 Å². The number of amides is 1. The fourth-order valence-corrected chi connectivity index (χ4v) is 5.19. The molecule has 0 bridgehead atoms. The number of hydrogen-bond acceptors (Lipinski definition) is 9. The van der Waals surface area contributed by atoms with Crippen LogP contribution < -0.4 is 10.5 Å². The molecule has 4 N–H and O–H groups in total. The summed E-state index contributed by atoms with van der Waals surface area (Å²) in [5.41, 5.74) is 5.82. The predicted octanol–water partition coefficient (Wildman–Crippen LogP) is 1.26. The number of fused-ring (bicyclic) bond motifs is 1. The molecule has 1 spiro atoms. The highest BCUT2D eigenvalue weighted by Crippen LogP contribution is 2.44. The molecule has 0 saturated carbocycles. The Hall–Kier alpha value is -3.77. The molecule has 12 nitrogen and oxygen atoms in total. The molecule has 2 aliphatic rings. The normalized spacial score (nSPS) is 23.6.